The van der Waals surface area contributed by atoms with Gasteiger partial charge in [0.2, 0.25) is 0 Å². The summed E-state index contributed by atoms with van der Waals surface area (Å²) >= 11 is 5.58. The predicted molar refractivity (Wildman–Crippen MR) is 37.2 cm³/mol. The monoisotopic (exact) mass is 168 g/mol. The minimum Gasteiger partial charge on any atom is -0.423 e. The van der Waals surface area contributed by atoms with Crippen LogP contribution in [0.15, 0.2) is 0 Å². The Labute approximate surface area is 58.0 Å². The molecular formula is C3H9ClO2Si2. The van der Waals surface area contributed by atoms with Gasteiger partial charge in [-0.15, -0.1) is 11.1 Å². The molecule has 0 bridgehead atoms. The smallest absolute Gasteiger partial charge is 0.370 e. The lowest BCUT2D eigenvalue weighted by molar-refractivity contribution is 0.347. The Balaban J connectivity index is 3.10. The topological polar surface area (TPSA) is 18.5 Å². The van der Waals surface area contributed by atoms with Crippen LogP contribution in [-0.2, 0) is 8.54 Å². The molecule has 5 heteroatoms. The first kappa shape index (κ1) is 8.64. The summed E-state index contributed by atoms with van der Waals surface area (Å²) in [6.45, 7) is 3.79. The zero-order chi connectivity index (χ0) is 6.57. The molecule has 0 saturated carbocycles. The second kappa shape index (κ2) is 4.52. The standard InChI is InChI=1S/C3H9ClO2Si2/c1-5-8(3)6-7(2)4/h1-3H3. The lowest BCUT2D eigenvalue weighted by Gasteiger charge is -2.06. The molecule has 0 saturated heterocycles. The molecule has 0 spiro atoms. The number of halogens is 1. The molecule has 0 N–H and O–H groups in total. The van der Waals surface area contributed by atoms with E-state index in [-0.39, 0.29) is 0 Å². The van der Waals surface area contributed by atoms with E-state index in [2.05, 4.69) is 0 Å². The third kappa shape index (κ3) is 4.79. The lowest BCUT2D eigenvalue weighted by Crippen LogP contribution is -2.22. The van der Waals surface area contributed by atoms with Gasteiger partial charge in [0.25, 0.3) is 0 Å². The van der Waals surface area contributed by atoms with Crippen molar-refractivity contribution in [3.63, 3.8) is 0 Å². The average molecular weight is 169 g/mol. The predicted octanol–water partition coefficient (Wildman–Crippen LogP) is 1.12. The molecule has 0 amide bonds. The number of hydrogen-bond donors (Lipinski definition) is 0. The van der Waals surface area contributed by atoms with Crippen LogP contribution < -0.4 is 0 Å². The quantitative estimate of drug-likeness (QED) is 0.465. The zero-order valence-corrected chi connectivity index (χ0v) is 7.95. The van der Waals surface area contributed by atoms with Crippen LogP contribution in [0.2, 0.25) is 13.1 Å². The fourth-order valence-corrected chi connectivity index (χ4v) is 3.14. The van der Waals surface area contributed by atoms with E-state index in [0.717, 1.165) is 0 Å². The van der Waals surface area contributed by atoms with E-state index in [0.29, 0.717) is 0 Å². The molecule has 0 aliphatic heterocycles. The SMILES string of the molecule is CO[Si](C)O[Si](C)Cl. The van der Waals surface area contributed by atoms with Crippen molar-refractivity contribution in [2.24, 2.45) is 0 Å². The van der Waals surface area contributed by atoms with E-state index >= 15 is 0 Å². The van der Waals surface area contributed by atoms with Crippen LogP contribution in [0, 0.1) is 0 Å². The Bertz CT molecular complexity index is 61.2. The van der Waals surface area contributed by atoms with Gasteiger partial charge in [-0.05, 0) is 13.1 Å². The summed E-state index contributed by atoms with van der Waals surface area (Å²) in [5.41, 5.74) is 0. The molecule has 8 heavy (non-hydrogen) atoms. The fourth-order valence-electron chi connectivity index (χ4n) is 0.240. The Kier molecular flexibility index (Phi) is 4.88. The molecule has 2 radical (unpaired) electrons. The first-order valence-corrected chi connectivity index (χ1v) is 6.95. The van der Waals surface area contributed by atoms with Gasteiger partial charge in [0.1, 0.15) is 0 Å². The van der Waals surface area contributed by atoms with Gasteiger partial charge >= 0.3 is 17.6 Å². The molecule has 2 nitrogen and oxygen atoms in total. The van der Waals surface area contributed by atoms with E-state index in [1.807, 2.05) is 13.1 Å². The summed E-state index contributed by atoms with van der Waals surface area (Å²) in [4.78, 5) is 0. The van der Waals surface area contributed by atoms with E-state index < -0.39 is 17.6 Å². The molecule has 0 aliphatic rings. The van der Waals surface area contributed by atoms with Crippen molar-refractivity contribution in [1.82, 2.24) is 0 Å². The summed E-state index contributed by atoms with van der Waals surface area (Å²) in [6.07, 6.45) is 0. The van der Waals surface area contributed by atoms with Crippen molar-refractivity contribution in [2.45, 2.75) is 13.1 Å². The van der Waals surface area contributed by atoms with Gasteiger partial charge in [-0.25, -0.2) is 0 Å². The highest BCUT2D eigenvalue weighted by Gasteiger charge is 2.09. The summed E-state index contributed by atoms with van der Waals surface area (Å²) in [5.74, 6) is 0. The first-order valence-electron chi connectivity index (χ1n) is 2.21. The maximum absolute atomic E-state index is 5.58. The molecule has 0 rings (SSSR count). The molecule has 0 atom stereocenters. The zero-order valence-electron chi connectivity index (χ0n) is 5.19. The highest BCUT2D eigenvalue weighted by Crippen LogP contribution is 1.94. The van der Waals surface area contributed by atoms with Gasteiger partial charge in [0, 0.05) is 7.11 Å². The summed E-state index contributed by atoms with van der Waals surface area (Å²) in [7, 11) is -0.434. The van der Waals surface area contributed by atoms with Crippen LogP contribution in [0.3, 0.4) is 0 Å². The third-order valence-corrected chi connectivity index (χ3v) is 4.12. The summed E-state index contributed by atoms with van der Waals surface area (Å²) in [6, 6.07) is 0. The fraction of sp³-hybridized carbons (Fsp3) is 1.00. The molecule has 0 unspecified atom stereocenters. The normalized spacial score (nSPS) is 11.2. The van der Waals surface area contributed by atoms with Crippen LogP contribution in [0.1, 0.15) is 0 Å². The maximum atomic E-state index is 5.58. The van der Waals surface area contributed by atoms with Crippen molar-refractivity contribution in [2.75, 3.05) is 7.11 Å². The van der Waals surface area contributed by atoms with E-state index in [1.165, 1.54) is 0 Å². The van der Waals surface area contributed by atoms with E-state index in [9.17, 15) is 0 Å². The van der Waals surface area contributed by atoms with Gasteiger partial charge < -0.3 is 8.54 Å². The lowest BCUT2D eigenvalue weighted by atomic mass is 11.8. The van der Waals surface area contributed by atoms with Crippen molar-refractivity contribution >= 4 is 28.7 Å². The van der Waals surface area contributed by atoms with Gasteiger partial charge in [0.05, 0.1) is 0 Å². The number of hydrogen-bond acceptors (Lipinski definition) is 2. The number of rotatable bonds is 3. The average Bonchev–Trinajstić information content (AvgIpc) is 1.65. The van der Waals surface area contributed by atoms with Crippen LogP contribution in [-0.4, -0.2) is 24.7 Å². The van der Waals surface area contributed by atoms with Crippen molar-refractivity contribution in [3.8, 4) is 0 Å². The Morgan fingerprint density at radius 1 is 1.38 bits per heavy atom. The van der Waals surface area contributed by atoms with Crippen LogP contribution in [0.4, 0.5) is 0 Å². The third-order valence-electron chi connectivity index (χ3n) is 0.572. The molecule has 0 aliphatic carbocycles. The minimum atomic E-state index is -1.05. The highest BCUT2D eigenvalue weighted by atomic mass is 35.6. The van der Waals surface area contributed by atoms with Gasteiger partial charge in [-0.2, -0.15) is 0 Å². The Morgan fingerprint density at radius 2 is 1.88 bits per heavy atom. The van der Waals surface area contributed by atoms with Crippen molar-refractivity contribution < 1.29 is 8.54 Å². The van der Waals surface area contributed by atoms with E-state index in [4.69, 9.17) is 19.6 Å². The second-order valence-corrected chi connectivity index (χ2v) is 6.01. The highest BCUT2D eigenvalue weighted by molar-refractivity contribution is 7.04. The molecule has 0 fully saturated rings. The maximum Gasteiger partial charge on any atom is 0.370 e. The molecule has 48 valence electrons. The second-order valence-electron chi connectivity index (χ2n) is 1.27. The van der Waals surface area contributed by atoms with Crippen molar-refractivity contribution in [1.29, 1.82) is 0 Å². The summed E-state index contributed by atoms with van der Waals surface area (Å²) < 4.78 is 10.0. The van der Waals surface area contributed by atoms with Gasteiger partial charge in [-0.1, -0.05) is 0 Å². The molecule has 0 heterocycles. The molecular weight excluding hydrogens is 160 g/mol. The largest absolute Gasteiger partial charge is 0.423 e. The van der Waals surface area contributed by atoms with Crippen LogP contribution in [0.5, 0.6) is 0 Å². The Morgan fingerprint density at radius 3 is 2.00 bits per heavy atom. The Hall–Kier alpha value is 0.644. The van der Waals surface area contributed by atoms with E-state index in [1.54, 1.807) is 7.11 Å². The van der Waals surface area contributed by atoms with Gasteiger partial charge in [0.15, 0.2) is 0 Å². The van der Waals surface area contributed by atoms with Crippen molar-refractivity contribution in [3.05, 3.63) is 0 Å². The van der Waals surface area contributed by atoms with Gasteiger partial charge in [-0.3, -0.25) is 0 Å². The molecule has 0 aromatic carbocycles. The minimum absolute atomic E-state index is 1.02. The van der Waals surface area contributed by atoms with Crippen LogP contribution >= 0.6 is 11.1 Å². The first-order chi connectivity index (χ1) is 3.66. The molecule has 0 aromatic heterocycles. The van der Waals surface area contributed by atoms with Crippen LogP contribution in [0.25, 0.3) is 0 Å². The molecule has 0 aromatic rings. The summed E-state index contributed by atoms with van der Waals surface area (Å²) in [5, 5.41) is 0.